The van der Waals surface area contributed by atoms with Gasteiger partial charge in [-0.3, -0.25) is 0 Å². The third-order valence-corrected chi connectivity index (χ3v) is 5.27. The van der Waals surface area contributed by atoms with E-state index in [1.165, 1.54) is 10.4 Å². The van der Waals surface area contributed by atoms with Gasteiger partial charge in [-0.1, -0.05) is 0 Å². The van der Waals surface area contributed by atoms with Crippen molar-refractivity contribution in [1.82, 2.24) is 9.97 Å². The molecule has 0 aromatic carbocycles. The molecule has 1 unspecified atom stereocenters. The average molecular weight is 316 g/mol. The maximum atomic E-state index is 5.52. The molecular formula is C16H20N4OS. The zero-order chi connectivity index (χ0) is 14.8. The minimum absolute atomic E-state index is 0.362. The van der Waals surface area contributed by atoms with E-state index in [-0.39, 0.29) is 0 Å². The summed E-state index contributed by atoms with van der Waals surface area (Å²) in [6, 6.07) is 4.52. The quantitative estimate of drug-likeness (QED) is 0.943. The summed E-state index contributed by atoms with van der Waals surface area (Å²) >= 11 is 1.86. The Morgan fingerprint density at radius 3 is 3.27 bits per heavy atom. The van der Waals surface area contributed by atoms with Crippen LogP contribution >= 0.6 is 11.3 Å². The van der Waals surface area contributed by atoms with Crippen molar-refractivity contribution in [3.63, 3.8) is 0 Å². The molecule has 0 saturated carbocycles. The van der Waals surface area contributed by atoms with E-state index in [0.717, 1.165) is 57.3 Å². The average Bonchev–Trinajstić information content (AvgIpc) is 3.04. The SMILES string of the molecule is c1cc(NC2CCCOC2)nc(N2CCc3sccc3C2)n1. The van der Waals surface area contributed by atoms with E-state index in [0.29, 0.717) is 6.04 Å². The molecule has 2 aromatic rings. The van der Waals surface area contributed by atoms with E-state index in [9.17, 15) is 0 Å². The lowest BCUT2D eigenvalue weighted by Crippen LogP contribution is -2.32. The molecule has 2 aromatic heterocycles. The molecule has 22 heavy (non-hydrogen) atoms. The second-order valence-corrected chi connectivity index (χ2v) is 6.84. The monoisotopic (exact) mass is 316 g/mol. The van der Waals surface area contributed by atoms with Crippen molar-refractivity contribution in [2.24, 2.45) is 0 Å². The Morgan fingerprint density at radius 2 is 2.36 bits per heavy atom. The molecule has 2 aliphatic heterocycles. The predicted octanol–water partition coefficient (Wildman–Crippen LogP) is 2.69. The van der Waals surface area contributed by atoms with Crippen molar-refractivity contribution in [3.8, 4) is 0 Å². The summed E-state index contributed by atoms with van der Waals surface area (Å²) in [4.78, 5) is 12.9. The van der Waals surface area contributed by atoms with E-state index in [2.05, 4.69) is 26.6 Å². The minimum Gasteiger partial charge on any atom is -0.379 e. The van der Waals surface area contributed by atoms with Crippen LogP contribution in [-0.4, -0.2) is 35.8 Å². The first-order chi connectivity index (χ1) is 10.9. The van der Waals surface area contributed by atoms with E-state index >= 15 is 0 Å². The van der Waals surface area contributed by atoms with Gasteiger partial charge in [-0.25, -0.2) is 4.98 Å². The highest BCUT2D eigenvalue weighted by Crippen LogP contribution is 2.26. The molecule has 2 aliphatic rings. The van der Waals surface area contributed by atoms with Crippen LogP contribution in [0.2, 0.25) is 0 Å². The molecule has 0 radical (unpaired) electrons. The van der Waals surface area contributed by atoms with Gasteiger partial charge in [-0.15, -0.1) is 11.3 Å². The number of aromatic nitrogens is 2. The molecule has 0 aliphatic carbocycles. The molecule has 0 spiro atoms. The van der Waals surface area contributed by atoms with Crippen LogP contribution in [0.1, 0.15) is 23.3 Å². The molecule has 4 rings (SSSR count). The van der Waals surface area contributed by atoms with Gasteiger partial charge in [0, 0.05) is 30.8 Å². The number of nitrogens with zero attached hydrogens (tertiary/aromatic N) is 3. The Morgan fingerprint density at radius 1 is 1.36 bits per heavy atom. The lowest BCUT2D eigenvalue weighted by Gasteiger charge is -2.28. The minimum atomic E-state index is 0.362. The highest BCUT2D eigenvalue weighted by atomic mass is 32.1. The van der Waals surface area contributed by atoms with Gasteiger partial charge in [0.15, 0.2) is 0 Å². The van der Waals surface area contributed by atoms with Gasteiger partial charge in [0.25, 0.3) is 0 Å². The van der Waals surface area contributed by atoms with Crippen molar-refractivity contribution in [2.45, 2.75) is 31.8 Å². The second-order valence-electron chi connectivity index (χ2n) is 5.84. The van der Waals surface area contributed by atoms with Crippen molar-refractivity contribution < 1.29 is 4.74 Å². The summed E-state index contributed by atoms with van der Waals surface area (Å²) in [5, 5.41) is 5.65. The van der Waals surface area contributed by atoms with Crippen LogP contribution in [0.15, 0.2) is 23.7 Å². The summed E-state index contributed by atoms with van der Waals surface area (Å²) in [5.41, 5.74) is 1.42. The fraction of sp³-hybridized carbons (Fsp3) is 0.500. The fourth-order valence-electron chi connectivity index (χ4n) is 3.06. The number of nitrogens with one attached hydrogen (secondary N) is 1. The van der Waals surface area contributed by atoms with Gasteiger partial charge in [-0.2, -0.15) is 4.98 Å². The van der Waals surface area contributed by atoms with Gasteiger partial charge in [0.2, 0.25) is 5.95 Å². The number of ether oxygens (including phenoxy) is 1. The highest BCUT2D eigenvalue weighted by molar-refractivity contribution is 7.10. The van der Waals surface area contributed by atoms with Crippen LogP contribution in [-0.2, 0) is 17.7 Å². The standard InChI is InChI=1S/C16H20N4OS/c1-2-13(11-21-8-1)18-15-3-6-17-16(19-15)20-7-4-14-12(10-20)5-9-22-14/h3,5-6,9,13H,1-2,4,7-8,10-11H2,(H,17,18,19). The van der Waals surface area contributed by atoms with Crippen LogP contribution in [0.4, 0.5) is 11.8 Å². The molecule has 1 fully saturated rings. The molecule has 0 amide bonds. The number of thiophene rings is 1. The number of hydrogen-bond acceptors (Lipinski definition) is 6. The predicted molar refractivity (Wildman–Crippen MR) is 88.6 cm³/mol. The largest absolute Gasteiger partial charge is 0.379 e. The van der Waals surface area contributed by atoms with Crippen molar-refractivity contribution >= 4 is 23.1 Å². The van der Waals surface area contributed by atoms with Gasteiger partial charge < -0.3 is 15.0 Å². The molecule has 116 valence electrons. The number of fused-ring (bicyclic) bond motifs is 1. The summed E-state index contributed by atoms with van der Waals surface area (Å²) in [7, 11) is 0. The lowest BCUT2D eigenvalue weighted by molar-refractivity contribution is 0.0875. The van der Waals surface area contributed by atoms with Gasteiger partial charge in [0.1, 0.15) is 5.82 Å². The number of rotatable bonds is 3. The Labute approximate surface area is 134 Å². The van der Waals surface area contributed by atoms with Crippen molar-refractivity contribution in [1.29, 1.82) is 0 Å². The summed E-state index contributed by atoms with van der Waals surface area (Å²) in [6.45, 7) is 3.55. The lowest BCUT2D eigenvalue weighted by atomic mass is 10.1. The van der Waals surface area contributed by atoms with Gasteiger partial charge in [0.05, 0.1) is 12.6 Å². The first-order valence-electron chi connectivity index (χ1n) is 7.86. The normalized spacial score (nSPS) is 21.5. The van der Waals surface area contributed by atoms with E-state index in [1.54, 1.807) is 0 Å². The molecular weight excluding hydrogens is 296 g/mol. The molecule has 1 N–H and O–H groups in total. The number of anilines is 2. The topological polar surface area (TPSA) is 50.3 Å². The summed E-state index contributed by atoms with van der Waals surface area (Å²) in [5.74, 6) is 1.72. The smallest absolute Gasteiger partial charge is 0.227 e. The van der Waals surface area contributed by atoms with Crippen LogP contribution in [0.5, 0.6) is 0 Å². The Balaban J connectivity index is 1.47. The molecule has 6 heteroatoms. The molecule has 5 nitrogen and oxygen atoms in total. The Hall–Kier alpha value is -1.66. The zero-order valence-corrected chi connectivity index (χ0v) is 13.3. The Kier molecular flexibility index (Phi) is 3.95. The number of hydrogen-bond donors (Lipinski definition) is 1. The molecule has 1 atom stereocenters. The van der Waals surface area contributed by atoms with Crippen LogP contribution in [0.25, 0.3) is 0 Å². The van der Waals surface area contributed by atoms with Gasteiger partial charge in [-0.05, 0) is 42.3 Å². The highest BCUT2D eigenvalue weighted by Gasteiger charge is 2.20. The van der Waals surface area contributed by atoms with Crippen LogP contribution < -0.4 is 10.2 Å². The molecule has 4 heterocycles. The molecule has 0 bridgehead atoms. The van der Waals surface area contributed by atoms with Gasteiger partial charge >= 0.3 is 0 Å². The summed E-state index contributed by atoms with van der Waals surface area (Å²) < 4.78 is 5.52. The second kappa shape index (κ2) is 6.22. The van der Waals surface area contributed by atoms with Crippen molar-refractivity contribution in [2.75, 3.05) is 30.0 Å². The van der Waals surface area contributed by atoms with E-state index in [1.807, 2.05) is 23.6 Å². The third-order valence-electron chi connectivity index (χ3n) is 4.25. The first-order valence-corrected chi connectivity index (χ1v) is 8.74. The van der Waals surface area contributed by atoms with E-state index < -0.39 is 0 Å². The Bertz CT molecular complexity index is 639. The van der Waals surface area contributed by atoms with Crippen LogP contribution in [0.3, 0.4) is 0 Å². The third kappa shape index (κ3) is 2.94. The summed E-state index contributed by atoms with van der Waals surface area (Å²) in [6.07, 6.45) is 5.19. The van der Waals surface area contributed by atoms with Crippen molar-refractivity contribution in [3.05, 3.63) is 34.2 Å². The maximum Gasteiger partial charge on any atom is 0.227 e. The first kappa shape index (κ1) is 14.0. The zero-order valence-electron chi connectivity index (χ0n) is 12.5. The fourth-order valence-corrected chi connectivity index (χ4v) is 3.95. The molecule has 1 saturated heterocycles. The van der Waals surface area contributed by atoms with E-state index in [4.69, 9.17) is 9.72 Å². The van der Waals surface area contributed by atoms with Crippen LogP contribution in [0, 0.1) is 0 Å². The maximum absolute atomic E-state index is 5.52.